The van der Waals surface area contributed by atoms with Crippen molar-refractivity contribution in [2.24, 2.45) is 5.92 Å². The van der Waals surface area contributed by atoms with Crippen LogP contribution >= 0.6 is 0 Å². The number of halogens is 1. The highest BCUT2D eigenvalue weighted by molar-refractivity contribution is 5.96. The molecule has 8 heteroatoms. The van der Waals surface area contributed by atoms with E-state index < -0.39 is 6.03 Å². The molecule has 0 radical (unpaired) electrons. The molecule has 0 bridgehead atoms. The quantitative estimate of drug-likeness (QED) is 0.762. The van der Waals surface area contributed by atoms with Crippen molar-refractivity contribution in [2.75, 3.05) is 18.4 Å². The number of amides is 3. The Morgan fingerprint density at radius 1 is 1.23 bits per heavy atom. The van der Waals surface area contributed by atoms with Crippen LogP contribution in [0, 0.1) is 11.7 Å². The lowest BCUT2D eigenvalue weighted by molar-refractivity contribution is 0.0651. The second kappa shape index (κ2) is 8.53. The first-order chi connectivity index (χ1) is 14.8. The Hall–Kier alpha value is -3.16. The second-order valence-corrected chi connectivity index (χ2v) is 8.53. The van der Waals surface area contributed by atoms with Gasteiger partial charge in [-0.2, -0.15) is 0 Å². The zero-order valence-corrected chi connectivity index (χ0v) is 17.9. The van der Waals surface area contributed by atoms with E-state index in [9.17, 15) is 14.0 Å². The molecule has 2 aliphatic rings. The maximum absolute atomic E-state index is 13.7. The predicted molar refractivity (Wildman–Crippen MR) is 115 cm³/mol. The highest BCUT2D eigenvalue weighted by Gasteiger charge is 2.39. The highest BCUT2D eigenvalue weighted by atomic mass is 19.1. The molecule has 2 aliphatic heterocycles. The summed E-state index contributed by atoms with van der Waals surface area (Å²) in [6.07, 6.45) is 3.70. The number of nitrogens with one attached hydrogen (secondary N) is 2. The molecule has 3 heterocycles. The second-order valence-electron chi connectivity index (χ2n) is 8.53. The number of pyridine rings is 1. The van der Waals surface area contributed by atoms with Crippen LogP contribution in [0.4, 0.5) is 14.9 Å². The molecule has 2 unspecified atom stereocenters. The van der Waals surface area contributed by atoms with Crippen molar-refractivity contribution < 1.29 is 18.7 Å². The van der Waals surface area contributed by atoms with Crippen LogP contribution in [0.15, 0.2) is 36.7 Å². The minimum atomic E-state index is -0.410. The van der Waals surface area contributed by atoms with Crippen LogP contribution in [0.3, 0.4) is 0 Å². The van der Waals surface area contributed by atoms with Gasteiger partial charge in [0.15, 0.2) is 0 Å². The fourth-order valence-electron chi connectivity index (χ4n) is 4.07. The van der Waals surface area contributed by atoms with Crippen LogP contribution in [0.1, 0.15) is 49.0 Å². The standard InChI is InChI=1S/C23H27FN4O3/c1-13(2)20(21-14(3)18-10-16(24)5-6-19(18)31-21)27-23(30)26-17-9-15(11-25-12-17)22(29)28-7-4-8-28/h5-6,9-14,20-21H,4,7-8H2,1-3H3,(H2,26,27,30)/t14?,20-,21?/m0/s1. The molecule has 0 spiro atoms. The zero-order chi connectivity index (χ0) is 22.1. The lowest BCUT2D eigenvalue weighted by Crippen LogP contribution is -2.50. The predicted octanol–water partition coefficient (Wildman–Crippen LogP) is 3.78. The molecule has 0 saturated carbocycles. The number of nitrogens with zero attached hydrogens (tertiary/aromatic N) is 2. The number of carbonyl (C=O) groups is 2. The molecule has 2 N–H and O–H groups in total. The summed E-state index contributed by atoms with van der Waals surface area (Å²) in [7, 11) is 0. The molecule has 1 aromatic carbocycles. The van der Waals surface area contributed by atoms with Gasteiger partial charge in [0.05, 0.1) is 23.5 Å². The van der Waals surface area contributed by atoms with Crippen LogP contribution in [0.25, 0.3) is 0 Å². The molecule has 0 aliphatic carbocycles. The van der Waals surface area contributed by atoms with Gasteiger partial charge < -0.3 is 20.3 Å². The molecule has 164 valence electrons. The van der Waals surface area contributed by atoms with Crippen LogP contribution in [0.5, 0.6) is 5.75 Å². The Bertz CT molecular complexity index is 993. The first-order valence-electron chi connectivity index (χ1n) is 10.6. The first kappa shape index (κ1) is 21.1. The van der Waals surface area contributed by atoms with Gasteiger partial charge in [-0.15, -0.1) is 0 Å². The maximum Gasteiger partial charge on any atom is 0.319 e. The van der Waals surface area contributed by atoms with Gasteiger partial charge in [-0.25, -0.2) is 9.18 Å². The summed E-state index contributed by atoms with van der Waals surface area (Å²) in [5.74, 6) is 0.267. The minimum absolute atomic E-state index is 0.0717. The highest BCUT2D eigenvalue weighted by Crippen LogP contribution is 2.40. The van der Waals surface area contributed by atoms with Gasteiger partial charge in [-0.1, -0.05) is 20.8 Å². The number of fused-ring (bicyclic) bond motifs is 1. The molecule has 2 aromatic rings. The lowest BCUT2D eigenvalue weighted by atomic mass is 9.88. The molecule has 1 aromatic heterocycles. The molecule has 7 nitrogen and oxygen atoms in total. The number of ether oxygens (including phenoxy) is 1. The van der Waals surface area contributed by atoms with E-state index >= 15 is 0 Å². The molecular formula is C23H27FN4O3. The zero-order valence-electron chi connectivity index (χ0n) is 17.9. The van der Waals surface area contributed by atoms with Gasteiger partial charge in [0, 0.05) is 30.8 Å². The van der Waals surface area contributed by atoms with E-state index in [0.717, 1.165) is 25.1 Å². The van der Waals surface area contributed by atoms with Gasteiger partial charge in [0.2, 0.25) is 0 Å². The number of likely N-dealkylation sites (tertiary alicyclic amines) is 1. The largest absolute Gasteiger partial charge is 0.487 e. The number of hydrogen-bond donors (Lipinski definition) is 2. The third-order valence-electron chi connectivity index (χ3n) is 5.97. The number of aromatic nitrogens is 1. The topological polar surface area (TPSA) is 83.6 Å². The van der Waals surface area contributed by atoms with Gasteiger partial charge in [0.25, 0.3) is 5.91 Å². The van der Waals surface area contributed by atoms with Crippen LogP contribution in [0.2, 0.25) is 0 Å². The fraction of sp³-hybridized carbons (Fsp3) is 0.435. The third-order valence-corrected chi connectivity index (χ3v) is 5.97. The molecular weight excluding hydrogens is 399 g/mol. The Labute approximate surface area is 181 Å². The van der Waals surface area contributed by atoms with Crippen molar-refractivity contribution in [3.63, 3.8) is 0 Å². The number of rotatable bonds is 5. The average Bonchev–Trinajstić information content (AvgIpc) is 3.00. The lowest BCUT2D eigenvalue weighted by Gasteiger charge is -2.31. The number of hydrogen-bond acceptors (Lipinski definition) is 4. The average molecular weight is 426 g/mol. The molecule has 1 saturated heterocycles. The maximum atomic E-state index is 13.7. The first-order valence-corrected chi connectivity index (χ1v) is 10.6. The number of anilines is 1. The minimum Gasteiger partial charge on any atom is -0.487 e. The Kier molecular flexibility index (Phi) is 5.80. The Balaban J connectivity index is 1.43. The molecule has 1 fully saturated rings. The SMILES string of the molecule is CC1c2cc(F)ccc2OC1[C@@H](NC(=O)Nc1cncc(C(=O)N2CCC2)c1)C(C)C. The van der Waals surface area contributed by atoms with E-state index in [0.29, 0.717) is 17.0 Å². The summed E-state index contributed by atoms with van der Waals surface area (Å²) in [4.78, 5) is 31.0. The summed E-state index contributed by atoms with van der Waals surface area (Å²) < 4.78 is 19.7. The van der Waals surface area contributed by atoms with Crippen LogP contribution in [-0.2, 0) is 0 Å². The van der Waals surface area contributed by atoms with Crippen molar-refractivity contribution in [1.29, 1.82) is 0 Å². The van der Waals surface area contributed by atoms with E-state index in [1.165, 1.54) is 24.5 Å². The molecule has 4 rings (SSSR count). The number of urea groups is 1. The molecule has 31 heavy (non-hydrogen) atoms. The van der Waals surface area contributed by atoms with Gasteiger partial charge in [0.1, 0.15) is 17.7 Å². The van der Waals surface area contributed by atoms with E-state index in [1.54, 1.807) is 17.0 Å². The summed E-state index contributed by atoms with van der Waals surface area (Å²) in [5, 5.41) is 5.76. The van der Waals surface area contributed by atoms with E-state index in [2.05, 4.69) is 15.6 Å². The van der Waals surface area contributed by atoms with Crippen molar-refractivity contribution in [2.45, 2.75) is 45.3 Å². The number of benzene rings is 1. The smallest absolute Gasteiger partial charge is 0.319 e. The normalized spacial score (nSPS) is 20.5. The van der Waals surface area contributed by atoms with E-state index in [-0.39, 0.29) is 35.7 Å². The fourth-order valence-corrected chi connectivity index (χ4v) is 4.07. The summed E-state index contributed by atoms with van der Waals surface area (Å²) in [6.45, 7) is 7.47. The van der Waals surface area contributed by atoms with Gasteiger partial charge >= 0.3 is 6.03 Å². The van der Waals surface area contributed by atoms with Gasteiger partial charge in [-0.05, 0) is 36.6 Å². The molecule has 3 amide bonds. The monoisotopic (exact) mass is 426 g/mol. The van der Waals surface area contributed by atoms with Crippen molar-refractivity contribution in [3.8, 4) is 5.75 Å². The van der Waals surface area contributed by atoms with E-state index in [4.69, 9.17) is 4.74 Å². The summed E-state index contributed by atoms with van der Waals surface area (Å²) >= 11 is 0. The van der Waals surface area contributed by atoms with Crippen molar-refractivity contribution >= 4 is 17.6 Å². The third kappa shape index (κ3) is 4.33. The van der Waals surface area contributed by atoms with Crippen LogP contribution in [-0.4, -0.2) is 47.1 Å². The summed E-state index contributed by atoms with van der Waals surface area (Å²) in [6, 6.07) is 5.41. The van der Waals surface area contributed by atoms with Gasteiger partial charge in [-0.3, -0.25) is 9.78 Å². The van der Waals surface area contributed by atoms with Crippen LogP contribution < -0.4 is 15.4 Å². The van der Waals surface area contributed by atoms with Crippen molar-refractivity contribution in [3.05, 3.63) is 53.6 Å². The summed E-state index contributed by atoms with van der Waals surface area (Å²) in [5.41, 5.74) is 1.69. The number of carbonyl (C=O) groups excluding carboxylic acids is 2. The Morgan fingerprint density at radius 2 is 2.00 bits per heavy atom. The van der Waals surface area contributed by atoms with Crippen molar-refractivity contribution in [1.82, 2.24) is 15.2 Å². The Morgan fingerprint density at radius 3 is 2.68 bits per heavy atom. The molecule has 3 atom stereocenters. The van der Waals surface area contributed by atoms with E-state index in [1.807, 2.05) is 20.8 Å².